The summed E-state index contributed by atoms with van der Waals surface area (Å²) < 4.78 is 62.0. The number of carbonyl (C=O) groups excluding carboxylic acids is 3. The summed E-state index contributed by atoms with van der Waals surface area (Å²) in [6.45, 7) is 3.89. The lowest BCUT2D eigenvalue weighted by molar-refractivity contribution is -0.118. The van der Waals surface area contributed by atoms with E-state index in [1.807, 2.05) is 30.3 Å². The van der Waals surface area contributed by atoms with Crippen molar-refractivity contribution in [1.82, 2.24) is 15.2 Å². The van der Waals surface area contributed by atoms with E-state index in [0.717, 1.165) is 22.7 Å². The summed E-state index contributed by atoms with van der Waals surface area (Å²) >= 11 is 0. The number of urea groups is 1. The molecular weight excluding hydrogens is 575 g/mol. The third-order valence-corrected chi connectivity index (χ3v) is 8.94. The first kappa shape index (κ1) is 29.0. The molecule has 1 aromatic heterocycles. The standard InChI is InChI=1S/C28H26F3N5O5S/c1-18(24-26(38)36(27(39)33-24)20-7-9-21(10-8-20)42(40,41)28(29,30)31)22-11-12-32-17-23(22)25(37)35-15-13-34(14-16-35)19-5-3-2-4-6-19/h2-12,17-18,24H,13-16H2,1H3,(H,33,39). The number of aromatic nitrogens is 1. The highest BCUT2D eigenvalue weighted by atomic mass is 32.2. The number of benzene rings is 2. The Kier molecular flexibility index (Phi) is 7.66. The normalized spacial score (nSPS) is 18.7. The molecule has 2 atom stereocenters. The molecule has 220 valence electrons. The zero-order valence-electron chi connectivity index (χ0n) is 22.3. The molecule has 1 N–H and O–H groups in total. The predicted molar refractivity (Wildman–Crippen MR) is 147 cm³/mol. The number of nitrogens with zero attached hydrogens (tertiary/aromatic N) is 4. The molecule has 10 nitrogen and oxygen atoms in total. The quantitative estimate of drug-likeness (QED) is 0.429. The van der Waals surface area contributed by atoms with Gasteiger partial charge in [0.1, 0.15) is 6.04 Å². The summed E-state index contributed by atoms with van der Waals surface area (Å²) in [6.07, 6.45) is 2.91. The second-order valence-corrected chi connectivity index (χ2v) is 11.9. The number of halogens is 3. The summed E-state index contributed by atoms with van der Waals surface area (Å²) in [4.78, 5) is 47.4. The fourth-order valence-corrected chi connectivity index (χ4v) is 5.89. The van der Waals surface area contributed by atoms with E-state index in [1.54, 1.807) is 17.9 Å². The molecule has 2 aliphatic rings. The van der Waals surface area contributed by atoms with Crippen LogP contribution in [0.2, 0.25) is 0 Å². The van der Waals surface area contributed by atoms with Crippen LogP contribution in [-0.4, -0.2) is 73.9 Å². The van der Waals surface area contributed by atoms with E-state index in [1.165, 1.54) is 12.4 Å². The molecule has 2 saturated heterocycles. The first-order valence-corrected chi connectivity index (χ1v) is 14.5. The Morgan fingerprint density at radius 2 is 1.60 bits per heavy atom. The van der Waals surface area contributed by atoms with Gasteiger partial charge in [-0.05, 0) is 48.0 Å². The van der Waals surface area contributed by atoms with Crippen molar-refractivity contribution in [3.05, 3.63) is 84.2 Å². The SMILES string of the molecule is CC(c1ccncc1C(=O)N1CCN(c2ccccc2)CC1)C1NC(=O)N(c2ccc(S(=O)(=O)C(F)(F)F)cc2)C1=O. The molecule has 42 heavy (non-hydrogen) atoms. The highest BCUT2D eigenvalue weighted by Gasteiger charge is 2.47. The highest BCUT2D eigenvalue weighted by Crippen LogP contribution is 2.33. The zero-order valence-corrected chi connectivity index (χ0v) is 23.1. The van der Waals surface area contributed by atoms with Crippen LogP contribution < -0.4 is 15.1 Å². The van der Waals surface area contributed by atoms with E-state index in [9.17, 15) is 36.0 Å². The lowest BCUT2D eigenvalue weighted by Crippen LogP contribution is -2.49. The number of nitrogens with one attached hydrogen (secondary N) is 1. The molecule has 14 heteroatoms. The molecule has 2 aromatic carbocycles. The first-order chi connectivity index (χ1) is 19.9. The number of carbonyl (C=O) groups is 3. The Labute approximate surface area is 239 Å². The molecule has 3 aromatic rings. The van der Waals surface area contributed by atoms with Crippen LogP contribution in [0.25, 0.3) is 0 Å². The van der Waals surface area contributed by atoms with E-state index in [0.29, 0.717) is 49.4 Å². The molecule has 3 heterocycles. The van der Waals surface area contributed by atoms with Gasteiger partial charge in [-0.2, -0.15) is 13.2 Å². The van der Waals surface area contributed by atoms with Gasteiger partial charge in [0.05, 0.1) is 16.1 Å². The number of rotatable bonds is 6. The average Bonchev–Trinajstić information content (AvgIpc) is 3.29. The Balaban J connectivity index is 1.32. The van der Waals surface area contributed by atoms with Crippen molar-refractivity contribution >= 4 is 39.1 Å². The van der Waals surface area contributed by atoms with Gasteiger partial charge in [-0.25, -0.2) is 18.1 Å². The molecule has 0 saturated carbocycles. The van der Waals surface area contributed by atoms with Crippen LogP contribution in [0.15, 0.2) is 78.0 Å². The monoisotopic (exact) mass is 601 g/mol. The van der Waals surface area contributed by atoms with Gasteiger partial charge in [0.15, 0.2) is 0 Å². The van der Waals surface area contributed by atoms with E-state index in [4.69, 9.17) is 0 Å². The van der Waals surface area contributed by atoms with Crippen molar-refractivity contribution < 1.29 is 36.0 Å². The van der Waals surface area contributed by atoms with Gasteiger partial charge < -0.3 is 15.1 Å². The summed E-state index contributed by atoms with van der Waals surface area (Å²) in [5.41, 5.74) is -3.74. The molecule has 2 unspecified atom stereocenters. The van der Waals surface area contributed by atoms with E-state index < -0.39 is 44.1 Å². The lowest BCUT2D eigenvalue weighted by atomic mass is 9.90. The number of anilines is 2. The summed E-state index contributed by atoms with van der Waals surface area (Å²) in [5.74, 6) is -1.64. The van der Waals surface area contributed by atoms with Crippen molar-refractivity contribution in [1.29, 1.82) is 0 Å². The van der Waals surface area contributed by atoms with Crippen LogP contribution in [0.5, 0.6) is 0 Å². The number of sulfone groups is 1. The minimum absolute atomic E-state index is 0.101. The molecule has 0 bridgehead atoms. The largest absolute Gasteiger partial charge is 0.501 e. The maximum atomic E-state index is 13.6. The molecular formula is C28H26F3N5O5S. The fourth-order valence-electron chi connectivity index (χ4n) is 5.13. The molecule has 4 amide bonds. The van der Waals surface area contributed by atoms with E-state index >= 15 is 0 Å². The van der Waals surface area contributed by atoms with Gasteiger partial charge in [0.25, 0.3) is 21.7 Å². The number of alkyl halides is 3. The van der Waals surface area contributed by atoms with Crippen molar-refractivity contribution in [2.75, 3.05) is 36.0 Å². The zero-order chi connectivity index (χ0) is 30.2. The maximum absolute atomic E-state index is 13.6. The smallest absolute Gasteiger partial charge is 0.368 e. The van der Waals surface area contributed by atoms with Gasteiger partial charge in [-0.3, -0.25) is 14.6 Å². The Morgan fingerprint density at radius 3 is 2.21 bits per heavy atom. The van der Waals surface area contributed by atoms with Crippen molar-refractivity contribution in [3.63, 3.8) is 0 Å². The molecule has 2 aliphatic heterocycles. The number of piperazine rings is 1. The van der Waals surface area contributed by atoms with E-state index in [2.05, 4.69) is 15.2 Å². The van der Waals surface area contributed by atoms with Crippen LogP contribution in [-0.2, 0) is 14.6 Å². The van der Waals surface area contributed by atoms with Gasteiger partial charge in [0, 0.05) is 50.2 Å². The van der Waals surface area contributed by atoms with Crippen molar-refractivity contribution in [2.24, 2.45) is 0 Å². The van der Waals surface area contributed by atoms with Crippen LogP contribution in [0, 0.1) is 0 Å². The minimum Gasteiger partial charge on any atom is -0.368 e. The maximum Gasteiger partial charge on any atom is 0.501 e. The number of amides is 4. The third-order valence-electron chi connectivity index (χ3n) is 7.44. The first-order valence-electron chi connectivity index (χ1n) is 13.0. The Morgan fingerprint density at radius 1 is 0.952 bits per heavy atom. The number of para-hydroxylation sites is 1. The predicted octanol–water partition coefficient (Wildman–Crippen LogP) is 3.57. The number of hydrogen-bond donors (Lipinski definition) is 1. The van der Waals surface area contributed by atoms with Crippen molar-refractivity contribution in [2.45, 2.75) is 29.3 Å². The molecule has 0 spiro atoms. The van der Waals surface area contributed by atoms with Crippen LogP contribution in [0.4, 0.5) is 29.3 Å². The topological polar surface area (TPSA) is 120 Å². The van der Waals surface area contributed by atoms with Crippen molar-refractivity contribution in [3.8, 4) is 0 Å². The van der Waals surface area contributed by atoms with E-state index in [-0.39, 0.29) is 11.6 Å². The number of pyridine rings is 1. The van der Waals surface area contributed by atoms with Gasteiger partial charge in [0.2, 0.25) is 0 Å². The molecule has 5 rings (SSSR count). The number of imide groups is 1. The van der Waals surface area contributed by atoms with Crippen LogP contribution in [0.1, 0.15) is 28.8 Å². The van der Waals surface area contributed by atoms with Crippen LogP contribution >= 0.6 is 0 Å². The van der Waals surface area contributed by atoms with Gasteiger partial charge in [-0.15, -0.1) is 0 Å². The fraction of sp³-hybridized carbons (Fsp3) is 0.286. The van der Waals surface area contributed by atoms with Gasteiger partial charge >= 0.3 is 11.5 Å². The minimum atomic E-state index is -5.59. The molecule has 0 radical (unpaired) electrons. The van der Waals surface area contributed by atoms with Gasteiger partial charge in [-0.1, -0.05) is 25.1 Å². The average molecular weight is 602 g/mol. The Hall–Kier alpha value is -4.46. The number of hydrogen-bond acceptors (Lipinski definition) is 7. The second kappa shape index (κ2) is 11.1. The molecule has 0 aliphatic carbocycles. The lowest BCUT2D eigenvalue weighted by Gasteiger charge is -2.36. The Bertz CT molecular complexity index is 1610. The second-order valence-electron chi connectivity index (χ2n) is 9.91. The van der Waals surface area contributed by atoms with Crippen LogP contribution in [0.3, 0.4) is 0 Å². The summed E-state index contributed by atoms with van der Waals surface area (Å²) in [7, 11) is -5.59. The highest BCUT2D eigenvalue weighted by molar-refractivity contribution is 7.92. The molecule has 2 fully saturated rings. The third kappa shape index (κ3) is 5.29. The summed E-state index contributed by atoms with van der Waals surface area (Å²) in [6, 6.07) is 12.8. The summed E-state index contributed by atoms with van der Waals surface area (Å²) in [5, 5.41) is 2.58.